The summed E-state index contributed by atoms with van der Waals surface area (Å²) in [5.41, 5.74) is 11.4. The van der Waals surface area contributed by atoms with E-state index in [-0.39, 0.29) is 5.41 Å². The number of hydrogen-bond donors (Lipinski definition) is 0. The number of fused-ring (bicyclic) bond motifs is 5. The lowest BCUT2D eigenvalue weighted by atomic mass is 9.64. The van der Waals surface area contributed by atoms with Crippen molar-refractivity contribution in [2.24, 2.45) is 11.8 Å². The molecule has 0 radical (unpaired) electrons. The van der Waals surface area contributed by atoms with Gasteiger partial charge in [0.25, 0.3) is 0 Å². The summed E-state index contributed by atoms with van der Waals surface area (Å²) in [6.45, 7) is 0. The van der Waals surface area contributed by atoms with Crippen molar-refractivity contribution in [1.29, 1.82) is 0 Å². The summed E-state index contributed by atoms with van der Waals surface area (Å²) in [7, 11) is 0. The number of nitrogens with zero attached hydrogens (tertiary/aromatic N) is 2. The standard InChI is InChI=1S/C49H40N2O/c1-4-13-39(14-5-1)50(40-15-6-2-7-16-40)42-29-25-36(26-30-42)49(34-35-23-24-38(49)33-35)37-27-31-43(32-28-37)51(41-17-8-3-9-18-41)46-21-12-20-45-44-19-10-11-22-47(44)52-48(45)46/h1-22,25-32,35,38H,23-24,33-34H2. The third-order valence-corrected chi connectivity index (χ3v) is 11.8. The van der Waals surface area contributed by atoms with Gasteiger partial charge in [0, 0.05) is 44.6 Å². The molecule has 3 nitrogen and oxygen atoms in total. The molecule has 2 aliphatic carbocycles. The molecule has 3 heteroatoms. The Bertz CT molecular complexity index is 2430. The Morgan fingerprint density at radius 1 is 0.442 bits per heavy atom. The molecule has 2 aliphatic rings. The van der Waals surface area contributed by atoms with Gasteiger partial charge in [0.15, 0.2) is 5.58 Å². The predicted molar refractivity (Wildman–Crippen MR) is 216 cm³/mol. The Kier molecular flexibility index (Phi) is 7.46. The van der Waals surface area contributed by atoms with Gasteiger partial charge in [-0.15, -0.1) is 0 Å². The smallest absolute Gasteiger partial charge is 0.159 e. The second-order valence-electron chi connectivity index (χ2n) is 14.6. The highest BCUT2D eigenvalue weighted by Crippen LogP contribution is 2.60. The molecule has 0 aliphatic heterocycles. The average molecular weight is 673 g/mol. The van der Waals surface area contributed by atoms with Crippen LogP contribution in [0.3, 0.4) is 0 Å². The second-order valence-corrected chi connectivity index (χ2v) is 14.6. The molecule has 3 unspecified atom stereocenters. The van der Waals surface area contributed by atoms with Crippen molar-refractivity contribution in [3.05, 3.63) is 193 Å². The van der Waals surface area contributed by atoms with E-state index in [1.165, 1.54) is 42.5 Å². The molecule has 8 aromatic rings. The first-order chi connectivity index (χ1) is 25.8. The van der Waals surface area contributed by atoms with Crippen molar-refractivity contribution in [3.63, 3.8) is 0 Å². The number of para-hydroxylation sites is 5. The lowest BCUT2D eigenvalue weighted by molar-refractivity contribution is 0.320. The van der Waals surface area contributed by atoms with Crippen molar-refractivity contribution in [1.82, 2.24) is 0 Å². The number of anilines is 6. The minimum absolute atomic E-state index is 0.000622. The van der Waals surface area contributed by atoms with Gasteiger partial charge >= 0.3 is 0 Å². The van der Waals surface area contributed by atoms with Crippen molar-refractivity contribution in [3.8, 4) is 0 Å². The molecule has 1 heterocycles. The first-order valence-electron chi connectivity index (χ1n) is 18.6. The molecule has 0 saturated heterocycles. The van der Waals surface area contributed by atoms with E-state index in [0.717, 1.165) is 56.3 Å². The third kappa shape index (κ3) is 5.03. The maximum Gasteiger partial charge on any atom is 0.159 e. The predicted octanol–water partition coefficient (Wildman–Crippen LogP) is 13.6. The summed E-state index contributed by atoms with van der Waals surface area (Å²) >= 11 is 0. The van der Waals surface area contributed by atoms with E-state index in [2.05, 4.69) is 186 Å². The summed E-state index contributed by atoms with van der Waals surface area (Å²) < 4.78 is 6.56. The van der Waals surface area contributed by atoms with Crippen LogP contribution < -0.4 is 9.80 Å². The van der Waals surface area contributed by atoms with Crippen LogP contribution in [0.25, 0.3) is 21.9 Å². The third-order valence-electron chi connectivity index (χ3n) is 11.8. The zero-order valence-corrected chi connectivity index (χ0v) is 29.1. The van der Waals surface area contributed by atoms with Crippen LogP contribution in [-0.4, -0.2) is 0 Å². The fourth-order valence-electron chi connectivity index (χ4n) is 9.53. The van der Waals surface area contributed by atoms with Crippen LogP contribution in [0.5, 0.6) is 0 Å². The van der Waals surface area contributed by atoms with Crippen LogP contribution in [0.2, 0.25) is 0 Å². The van der Waals surface area contributed by atoms with Gasteiger partial charge in [-0.2, -0.15) is 0 Å². The Morgan fingerprint density at radius 2 is 0.942 bits per heavy atom. The minimum atomic E-state index is 0.000622. The van der Waals surface area contributed by atoms with Gasteiger partial charge < -0.3 is 14.2 Å². The Morgan fingerprint density at radius 3 is 1.50 bits per heavy atom. The second kappa shape index (κ2) is 12.6. The topological polar surface area (TPSA) is 19.6 Å². The van der Waals surface area contributed by atoms with Crippen LogP contribution in [-0.2, 0) is 5.41 Å². The number of hydrogen-bond acceptors (Lipinski definition) is 3. The van der Waals surface area contributed by atoms with Crippen molar-refractivity contribution >= 4 is 56.1 Å². The molecule has 0 spiro atoms. The molecular weight excluding hydrogens is 633 g/mol. The fourth-order valence-corrected chi connectivity index (χ4v) is 9.53. The van der Waals surface area contributed by atoms with Crippen LogP contribution in [0.1, 0.15) is 36.8 Å². The maximum absolute atomic E-state index is 6.56. The Labute approximate surface area is 305 Å². The lowest BCUT2D eigenvalue weighted by Gasteiger charge is -2.40. The van der Waals surface area contributed by atoms with Crippen LogP contribution in [0.15, 0.2) is 186 Å². The summed E-state index contributed by atoms with van der Waals surface area (Å²) in [5.74, 6) is 1.42. The summed E-state index contributed by atoms with van der Waals surface area (Å²) in [4.78, 5) is 4.70. The van der Waals surface area contributed by atoms with Gasteiger partial charge in [0.1, 0.15) is 5.58 Å². The SMILES string of the molecule is c1ccc(N(c2ccccc2)c2ccc(C3(c4ccc(N(c5ccccc5)c5cccc6c5oc5ccccc56)cc4)CC4CCC3C4)cc2)cc1. The van der Waals surface area contributed by atoms with Gasteiger partial charge in [0.05, 0.1) is 5.69 Å². The van der Waals surface area contributed by atoms with E-state index in [1.807, 2.05) is 6.07 Å². The quantitative estimate of drug-likeness (QED) is 0.160. The summed E-state index contributed by atoms with van der Waals surface area (Å²) in [5, 5.41) is 2.27. The van der Waals surface area contributed by atoms with Crippen molar-refractivity contribution in [2.75, 3.05) is 9.80 Å². The molecule has 52 heavy (non-hydrogen) atoms. The zero-order valence-electron chi connectivity index (χ0n) is 29.1. The molecule has 7 aromatic carbocycles. The molecule has 2 fully saturated rings. The van der Waals surface area contributed by atoms with Gasteiger partial charge in [-0.1, -0.05) is 116 Å². The van der Waals surface area contributed by atoms with Crippen LogP contribution >= 0.6 is 0 Å². The molecule has 0 N–H and O–H groups in total. The monoisotopic (exact) mass is 672 g/mol. The highest BCUT2D eigenvalue weighted by Gasteiger charge is 2.52. The Hall–Kier alpha value is -6.06. The van der Waals surface area contributed by atoms with E-state index in [4.69, 9.17) is 4.42 Å². The molecule has 2 bridgehead atoms. The first kappa shape index (κ1) is 30.7. The van der Waals surface area contributed by atoms with E-state index >= 15 is 0 Å². The average Bonchev–Trinajstić information content (AvgIpc) is 3.95. The molecule has 3 atom stereocenters. The summed E-state index contributed by atoms with van der Waals surface area (Å²) in [6.07, 6.45) is 5.16. The van der Waals surface area contributed by atoms with Crippen LogP contribution in [0.4, 0.5) is 34.1 Å². The maximum atomic E-state index is 6.56. The van der Waals surface area contributed by atoms with Gasteiger partial charge in [-0.05, 0) is 115 Å². The van der Waals surface area contributed by atoms with Crippen molar-refractivity contribution < 1.29 is 4.42 Å². The molecule has 2 saturated carbocycles. The minimum Gasteiger partial charge on any atom is -0.454 e. The highest BCUT2D eigenvalue weighted by molar-refractivity contribution is 6.10. The highest BCUT2D eigenvalue weighted by atomic mass is 16.3. The molecular formula is C49H40N2O. The Balaban J connectivity index is 1.06. The molecule has 10 rings (SSSR count). The van der Waals surface area contributed by atoms with E-state index in [0.29, 0.717) is 5.92 Å². The molecule has 1 aromatic heterocycles. The summed E-state index contributed by atoms with van der Waals surface area (Å²) in [6, 6.07) is 65.9. The number of furan rings is 1. The normalized spacial score (nSPS) is 19.3. The van der Waals surface area contributed by atoms with Gasteiger partial charge in [-0.3, -0.25) is 0 Å². The van der Waals surface area contributed by atoms with E-state index < -0.39 is 0 Å². The fraction of sp³-hybridized carbons (Fsp3) is 0.143. The van der Waals surface area contributed by atoms with Crippen LogP contribution in [0, 0.1) is 11.8 Å². The number of rotatable bonds is 8. The van der Waals surface area contributed by atoms with Gasteiger partial charge in [0.2, 0.25) is 0 Å². The molecule has 0 amide bonds. The zero-order chi connectivity index (χ0) is 34.5. The lowest BCUT2D eigenvalue weighted by Crippen LogP contribution is -2.34. The van der Waals surface area contributed by atoms with Crippen molar-refractivity contribution in [2.45, 2.75) is 31.1 Å². The molecule has 252 valence electrons. The largest absolute Gasteiger partial charge is 0.454 e. The first-order valence-corrected chi connectivity index (χ1v) is 18.6. The number of benzene rings is 7. The van der Waals surface area contributed by atoms with Gasteiger partial charge in [-0.25, -0.2) is 0 Å². The van der Waals surface area contributed by atoms with E-state index in [1.54, 1.807) is 0 Å². The van der Waals surface area contributed by atoms with E-state index in [9.17, 15) is 0 Å².